The second-order valence-corrected chi connectivity index (χ2v) is 6.51. The molecule has 1 heterocycles. The van der Waals surface area contributed by atoms with Gasteiger partial charge < -0.3 is 4.79 Å². The van der Waals surface area contributed by atoms with Crippen molar-refractivity contribution in [2.75, 3.05) is 10.8 Å². The van der Waals surface area contributed by atoms with Crippen molar-refractivity contribution in [2.45, 2.75) is 10.8 Å². The largest absolute Gasteiger partial charge is 0.303 e. The third kappa shape index (κ3) is 1.91. The average Bonchev–Trinajstić information content (AvgIpc) is 2.88. The summed E-state index contributed by atoms with van der Waals surface area (Å²) in [5, 5.41) is 0. The van der Waals surface area contributed by atoms with Crippen LogP contribution in [0.3, 0.4) is 0 Å². The predicted octanol–water partition coefficient (Wildman–Crippen LogP) is 2.18. The second kappa shape index (κ2) is 4.76. The molecule has 0 N–H and O–H groups in total. The van der Waals surface area contributed by atoms with Gasteiger partial charge in [-0.05, 0) is 23.8 Å². The molecule has 102 valence electrons. The lowest BCUT2D eigenvalue weighted by Gasteiger charge is -2.19. The van der Waals surface area contributed by atoms with E-state index >= 15 is 0 Å². The highest BCUT2D eigenvalue weighted by Crippen LogP contribution is 2.38. The summed E-state index contributed by atoms with van der Waals surface area (Å²) in [4.78, 5) is 11.4. The van der Waals surface area contributed by atoms with E-state index in [2.05, 4.69) is 0 Å². The SMILES string of the molecule is O=CC1CN(S(=O)(=O)c2ccccc2)c2ccccc21. The van der Waals surface area contributed by atoms with Gasteiger partial charge in [0, 0.05) is 6.54 Å². The maximum Gasteiger partial charge on any atom is 0.264 e. The molecule has 0 amide bonds. The van der Waals surface area contributed by atoms with E-state index in [1.165, 1.54) is 4.31 Å². The van der Waals surface area contributed by atoms with Gasteiger partial charge in [0.1, 0.15) is 6.29 Å². The molecule has 4 nitrogen and oxygen atoms in total. The maximum absolute atomic E-state index is 12.7. The minimum atomic E-state index is -3.62. The first-order chi connectivity index (χ1) is 9.64. The molecule has 0 fully saturated rings. The van der Waals surface area contributed by atoms with Gasteiger partial charge in [-0.15, -0.1) is 0 Å². The number of sulfonamides is 1. The number of para-hydroxylation sites is 1. The Morgan fingerprint density at radius 1 is 1.00 bits per heavy atom. The molecule has 3 rings (SSSR count). The number of benzene rings is 2. The molecule has 20 heavy (non-hydrogen) atoms. The van der Waals surface area contributed by atoms with Gasteiger partial charge in [0.05, 0.1) is 16.5 Å². The van der Waals surface area contributed by atoms with E-state index in [9.17, 15) is 13.2 Å². The molecular weight excluding hydrogens is 274 g/mol. The predicted molar refractivity (Wildman–Crippen MR) is 76.2 cm³/mol. The van der Waals surface area contributed by atoms with Crippen LogP contribution in [-0.4, -0.2) is 21.2 Å². The zero-order chi connectivity index (χ0) is 14.2. The van der Waals surface area contributed by atoms with E-state index in [0.717, 1.165) is 11.8 Å². The number of anilines is 1. The monoisotopic (exact) mass is 287 g/mol. The van der Waals surface area contributed by atoms with Gasteiger partial charge in [-0.3, -0.25) is 4.31 Å². The summed E-state index contributed by atoms with van der Waals surface area (Å²) in [5.41, 5.74) is 1.36. The molecule has 2 aromatic carbocycles. The standard InChI is InChI=1S/C15H13NO3S/c17-11-12-10-16(15-9-5-4-8-14(12)15)20(18,19)13-6-2-1-3-7-13/h1-9,11-12H,10H2. The molecule has 5 heteroatoms. The first kappa shape index (κ1) is 12.9. The lowest BCUT2D eigenvalue weighted by Crippen LogP contribution is -2.30. The van der Waals surface area contributed by atoms with E-state index in [0.29, 0.717) is 5.69 Å². The Labute approximate surface area is 117 Å². The van der Waals surface area contributed by atoms with Gasteiger partial charge in [0.15, 0.2) is 0 Å². The van der Waals surface area contributed by atoms with Crippen molar-refractivity contribution >= 4 is 22.0 Å². The molecule has 1 aliphatic heterocycles. The molecule has 2 aromatic rings. The van der Waals surface area contributed by atoms with Crippen molar-refractivity contribution in [1.82, 2.24) is 0 Å². The van der Waals surface area contributed by atoms with Gasteiger partial charge in [-0.1, -0.05) is 36.4 Å². The van der Waals surface area contributed by atoms with Gasteiger partial charge in [-0.2, -0.15) is 0 Å². The van der Waals surface area contributed by atoms with Crippen LogP contribution in [0.1, 0.15) is 11.5 Å². The molecule has 0 radical (unpaired) electrons. The summed E-state index contributed by atoms with van der Waals surface area (Å²) >= 11 is 0. The highest BCUT2D eigenvalue weighted by molar-refractivity contribution is 7.92. The van der Waals surface area contributed by atoms with Crippen LogP contribution in [0, 0.1) is 0 Å². The highest BCUT2D eigenvalue weighted by atomic mass is 32.2. The van der Waals surface area contributed by atoms with E-state index in [4.69, 9.17) is 0 Å². The van der Waals surface area contributed by atoms with Crippen molar-refractivity contribution in [3.63, 3.8) is 0 Å². The Bertz CT molecular complexity index is 741. The Hall–Kier alpha value is -2.14. The fourth-order valence-corrected chi connectivity index (χ4v) is 4.00. The van der Waals surface area contributed by atoms with Crippen molar-refractivity contribution in [3.05, 3.63) is 60.2 Å². The van der Waals surface area contributed by atoms with Crippen molar-refractivity contribution in [1.29, 1.82) is 0 Å². The van der Waals surface area contributed by atoms with Crippen LogP contribution in [0.25, 0.3) is 0 Å². The normalized spacial score (nSPS) is 17.8. The quantitative estimate of drug-likeness (QED) is 0.813. The van der Waals surface area contributed by atoms with Crippen LogP contribution in [-0.2, 0) is 14.8 Å². The minimum absolute atomic E-state index is 0.167. The summed E-state index contributed by atoms with van der Waals surface area (Å²) in [7, 11) is -3.62. The van der Waals surface area contributed by atoms with E-state index in [1.54, 1.807) is 48.5 Å². The average molecular weight is 287 g/mol. The Kier molecular flexibility index (Phi) is 3.06. The summed E-state index contributed by atoms with van der Waals surface area (Å²) in [6, 6.07) is 15.4. The number of aldehydes is 1. The van der Waals surface area contributed by atoms with Crippen LogP contribution in [0.15, 0.2) is 59.5 Å². The van der Waals surface area contributed by atoms with Crippen LogP contribution < -0.4 is 4.31 Å². The number of fused-ring (bicyclic) bond motifs is 1. The number of hydrogen-bond donors (Lipinski definition) is 0. The number of nitrogens with zero attached hydrogens (tertiary/aromatic N) is 1. The summed E-state index contributed by atoms with van der Waals surface area (Å²) in [6.07, 6.45) is 0.805. The third-order valence-corrected chi connectivity index (χ3v) is 5.26. The Morgan fingerprint density at radius 3 is 2.35 bits per heavy atom. The first-order valence-electron chi connectivity index (χ1n) is 6.26. The van der Waals surface area contributed by atoms with Gasteiger partial charge >= 0.3 is 0 Å². The van der Waals surface area contributed by atoms with Crippen molar-refractivity contribution < 1.29 is 13.2 Å². The van der Waals surface area contributed by atoms with E-state index in [-0.39, 0.29) is 11.4 Å². The van der Waals surface area contributed by atoms with E-state index < -0.39 is 15.9 Å². The second-order valence-electron chi connectivity index (χ2n) is 4.65. The molecule has 0 bridgehead atoms. The van der Waals surface area contributed by atoms with Crippen molar-refractivity contribution in [3.8, 4) is 0 Å². The van der Waals surface area contributed by atoms with E-state index in [1.807, 2.05) is 6.07 Å². The molecule has 1 unspecified atom stereocenters. The molecular formula is C15H13NO3S. The number of carbonyl (C=O) groups is 1. The highest BCUT2D eigenvalue weighted by Gasteiger charge is 2.35. The van der Waals surface area contributed by atoms with Crippen LogP contribution in [0.4, 0.5) is 5.69 Å². The molecule has 1 atom stereocenters. The minimum Gasteiger partial charge on any atom is -0.303 e. The van der Waals surface area contributed by atoms with Gasteiger partial charge in [-0.25, -0.2) is 8.42 Å². The van der Waals surface area contributed by atoms with Crippen LogP contribution in [0.5, 0.6) is 0 Å². The summed E-state index contributed by atoms with van der Waals surface area (Å²) in [5.74, 6) is -0.398. The maximum atomic E-state index is 12.7. The lowest BCUT2D eigenvalue weighted by molar-refractivity contribution is -0.108. The topological polar surface area (TPSA) is 54.5 Å². The number of hydrogen-bond acceptors (Lipinski definition) is 3. The first-order valence-corrected chi connectivity index (χ1v) is 7.70. The molecule has 0 saturated heterocycles. The molecule has 0 aliphatic carbocycles. The summed E-state index contributed by atoms with van der Waals surface area (Å²) < 4.78 is 26.7. The zero-order valence-corrected chi connectivity index (χ0v) is 11.5. The third-order valence-electron chi connectivity index (χ3n) is 3.46. The molecule has 1 aliphatic rings. The molecule has 0 aromatic heterocycles. The summed E-state index contributed by atoms with van der Waals surface area (Å²) in [6.45, 7) is 0.167. The Balaban J connectivity index is 2.11. The van der Waals surface area contributed by atoms with Gasteiger partial charge in [0.2, 0.25) is 0 Å². The van der Waals surface area contributed by atoms with Gasteiger partial charge in [0.25, 0.3) is 10.0 Å². The van der Waals surface area contributed by atoms with Crippen molar-refractivity contribution in [2.24, 2.45) is 0 Å². The fraction of sp³-hybridized carbons (Fsp3) is 0.133. The number of carbonyl (C=O) groups excluding carboxylic acids is 1. The van der Waals surface area contributed by atoms with Crippen LogP contribution >= 0.6 is 0 Å². The Morgan fingerprint density at radius 2 is 1.65 bits per heavy atom. The molecule has 0 saturated carbocycles. The lowest BCUT2D eigenvalue weighted by atomic mass is 10.0. The fourth-order valence-electron chi connectivity index (χ4n) is 2.47. The zero-order valence-electron chi connectivity index (χ0n) is 10.6. The van der Waals surface area contributed by atoms with Crippen LogP contribution in [0.2, 0.25) is 0 Å². The smallest absolute Gasteiger partial charge is 0.264 e. The number of rotatable bonds is 3. The molecule has 0 spiro atoms.